The van der Waals surface area contributed by atoms with Gasteiger partial charge in [-0.2, -0.15) is 0 Å². The van der Waals surface area contributed by atoms with Crippen molar-refractivity contribution in [2.75, 3.05) is 5.33 Å². The van der Waals surface area contributed by atoms with Crippen molar-refractivity contribution in [3.8, 4) is 0 Å². The summed E-state index contributed by atoms with van der Waals surface area (Å²) in [7, 11) is -3.45. The van der Waals surface area contributed by atoms with Gasteiger partial charge in [-0.25, -0.2) is 13.1 Å². The summed E-state index contributed by atoms with van der Waals surface area (Å²) in [5, 5.41) is 0.551. The van der Waals surface area contributed by atoms with Gasteiger partial charge in [-0.15, -0.1) is 0 Å². The Bertz CT molecular complexity index is 454. The minimum Gasteiger partial charge on any atom is -0.207 e. The maximum atomic E-state index is 12.0. The summed E-state index contributed by atoms with van der Waals surface area (Å²) in [4.78, 5) is 0.268. The molecule has 0 spiro atoms. The molecule has 0 fully saturated rings. The maximum Gasteiger partial charge on any atom is 0.241 e. The molecule has 0 saturated heterocycles. The van der Waals surface area contributed by atoms with Crippen molar-refractivity contribution >= 4 is 41.9 Å². The fourth-order valence-electron chi connectivity index (χ4n) is 1.06. The molecule has 16 heavy (non-hydrogen) atoms. The Morgan fingerprint density at radius 3 is 2.19 bits per heavy atom. The molecule has 0 aliphatic heterocycles. The summed E-state index contributed by atoms with van der Waals surface area (Å²) in [6.07, 6.45) is 0. The first-order valence-corrected chi connectivity index (χ1v) is 8.02. The SMILES string of the molecule is CC(C)(CBr)NS(=O)(=O)c1ccc(Br)cc1. The van der Waals surface area contributed by atoms with Crippen LogP contribution in [0.4, 0.5) is 0 Å². The second-order valence-electron chi connectivity index (χ2n) is 4.08. The Balaban J connectivity index is 2.99. The van der Waals surface area contributed by atoms with Crippen LogP contribution in [0.2, 0.25) is 0 Å². The number of rotatable bonds is 4. The molecule has 0 aromatic heterocycles. The lowest BCUT2D eigenvalue weighted by atomic mass is 10.1. The Morgan fingerprint density at radius 2 is 1.75 bits per heavy atom. The van der Waals surface area contributed by atoms with Crippen LogP contribution in [0.3, 0.4) is 0 Å². The average Bonchev–Trinajstić information content (AvgIpc) is 2.17. The monoisotopic (exact) mass is 369 g/mol. The molecule has 0 bridgehead atoms. The number of benzene rings is 1. The van der Waals surface area contributed by atoms with Gasteiger partial charge in [0.1, 0.15) is 0 Å². The third-order valence-electron chi connectivity index (χ3n) is 1.87. The highest BCUT2D eigenvalue weighted by Crippen LogP contribution is 2.17. The molecule has 1 rings (SSSR count). The number of alkyl halides is 1. The number of halogens is 2. The Morgan fingerprint density at radius 1 is 1.25 bits per heavy atom. The van der Waals surface area contributed by atoms with Crippen molar-refractivity contribution in [1.82, 2.24) is 4.72 Å². The van der Waals surface area contributed by atoms with E-state index in [4.69, 9.17) is 0 Å². The van der Waals surface area contributed by atoms with E-state index in [0.717, 1.165) is 4.47 Å². The zero-order valence-corrected chi connectivity index (χ0v) is 13.0. The molecule has 0 aliphatic rings. The van der Waals surface area contributed by atoms with E-state index in [2.05, 4.69) is 36.6 Å². The second kappa shape index (κ2) is 5.16. The minimum atomic E-state index is -3.45. The zero-order chi connectivity index (χ0) is 12.4. The molecule has 3 nitrogen and oxygen atoms in total. The first-order valence-electron chi connectivity index (χ1n) is 4.62. The third-order valence-corrected chi connectivity index (χ3v) is 5.51. The lowest BCUT2D eigenvalue weighted by Crippen LogP contribution is -2.44. The van der Waals surface area contributed by atoms with Crippen LogP contribution in [-0.4, -0.2) is 19.3 Å². The molecular formula is C10H13Br2NO2S. The van der Waals surface area contributed by atoms with Gasteiger partial charge in [0.25, 0.3) is 0 Å². The number of hydrogen-bond donors (Lipinski definition) is 1. The van der Waals surface area contributed by atoms with E-state index in [-0.39, 0.29) is 4.90 Å². The average molecular weight is 371 g/mol. The molecule has 1 aromatic carbocycles. The van der Waals surface area contributed by atoms with Crippen molar-refractivity contribution in [2.24, 2.45) is 0 Å². The smallest absolute Gasteiger partial charge is 0.207 e. The number of sulfonamides is 1. The van der Waals surface area contributed by atoms with E-state index in [1.54, 1.807) is 24.3 Å². The molecule has 0 saturated carbocycles. The van der Waals surface area contributed by atoms with Crippen LogP contribution in [0.1, 0.15) is 13.8 Å². The van der Waals surface area contributed by atoms with Crippen LogP contribution < -0.4 is 4.72 Å². The fraction of sp³-hybridized carbons (Fsp3) is 0.400. The van der Waals surface area contributed by atoms with Crippen molar-refractivity contribution in [1.29, 1.82) is 0 Å². The summed E-state index contributed by atoms with van der Waals surface area (Å²) < 4.78 is 27.4. The first kappa shape index (κ1) is 14.2. The van der Waals surface area contributed by atoms with Crippen LogP contribution in [0.5, 0.6) is 0 Å². The van der Waals surface area contributed by atoms with Crippen LogP contribution in [-0.2, 0) is 10.0 Å². The summed E-state index contributed by atoms with van der Waals surface area (Å²) in [5.74, 6) is 0. The van der Waals surface area contributed by atoms with E-state index < -0.39 is 15.6 Å². The Hall–Kier alpha value is 0.0900. The van der Waals surface area contributed by atoms with Crippen molar-refractivity contribution in [3.63, 3.8) is 0 Å². The van der Waals surface area contributed by atoms with Crippen molar-refractivity contribution in [3.05, 3.63) is 28.7 Å². The molecule has 0 heterocycles. The van der Waals surface area contributed by atoms with Gasteiger partial charge in [0, 0.05) is 15.3 Å². The molecule has 6 heteroatoms. The quantitative estimate of drug-likeness (QED) is 0.828. The lowest BCUT2D eigenvalue weighted by molar-refractivity contribution is 0.500. The minimum absolute atomic E-state index is 0.268. The van der Waals surface area contributed by atoms with Crippen LogP contribution in [0, 0.1) is 0 Å². The molecule has 1 aromatic rings. The van der Waals surface area contributed by atoms with Gasteiger partial charge < -0.3 is 0 Å². The van der Waals surface area contributed by atoms with Gasteiger partial charge in [0.2, 0.25) is 10.0 Å². The van der Waals surface area contributed by atoms with Crippen LogP contribution >= 0.6 is 31.9 Å². The highest BCUT2D eigenvalue weighted by atomic mass is 79.9. The summed E-state index contributed by atoms with van der Waals surface area (Å²) >= 11 is 6.54. The van der Waals surface area contributed by atoms with E-state index in [1.807, 2.05) is 13.8 Å². The Labute approximate surface area is 113 Å². The molecule has 0 radical (unpaired) electrons. The van der Waals surface area contributed by atoms with Crippen molar-refractivity contribution < 1.29 is 8.42 Å². The molecule has 0 unspecified atom stereocenters. The molecule has 90 valence electrons. The molecule has 0 aliphatic carbocycles. The predicted molar refractivity (Wildman–Crippen MR) is 72.3 cm³/mol. The first-order chi connectivity index (χ1) is 7.27. The van der Waals surface area contributed by atoms with E-state index in [0.29, 0.717) is 5.33 Å². The highest BCUT2D eigenvalue weighted by molar-refractivity contribution is 9.10. The molecule has 1 N–H and O–H groups in total. The summed E-state index contributed by atoms with van der Waals surface area (Å²) in [6.45, 7) is 3.64. The standard InChI is InChI=1S/C10H13Br2NO2S/c1-10(2,7-11)13-16(14,15)9-5-3-8(12)4-6-9/h3-6,13H,7H2,1-2H3. The van der Waals surface area contributed by atoms with Gasteiger partial charge >= 0.3 is 0 Å². The third kappa shape index (κ3) is 3.84. The normalized spacial score (nSPS) is 12.8. The van der Waals surface area contributed by atoms with E-state index in [9.17, 15) is 8.42 Å². The summed E-state index contributed by atoms with van der Waals surface area (Å²) in [5.41, 5.74) is -0.508. The van der Waals surface area contributed by atoms with Crippen LogP contribution in [0.25, 0.3) is 0 Å². The van der Waals surface area contributed by atoms with E-state index >= 15 is 0 Å². The fourth-order valence-corrected chi connectivity index (χ4v) is 3.07. The largest absolute Gasteiger partial charge is 0.241 e. The van der Waals surface area contributed by atoms with Crippen LogP contribution in [0.15, 0.2) is 33.6 Å². The number of hydrogen-bond acceptors (Lipinski definition) is 2. The Kier molecular flexibility index (Phi) is 4.57. The second-order valence-corrected chi connectivity index (χ2v) is 7.24. The van der Waals surface area contributed by atoms with E-state index in [1.165, 1.54) is 0 Å². The summed E-state index contributed by atoms with van der Waals surface area (Å²) in [6, 6.07) is 6.54. The predicted octanol–water partition coefficient (Wildman–Crippen LogP) is 2.90. The van der Waals surface area contributed by atoms with Gasteiger partial charge in [-0.1, -0.05) is 31.9 Å². The molecule has 0 atom stereocenters. The molecular weight excluding hydrogens is 358 g/mol. The zero-order valence-electron chi connectivity index (χ0n) is 9.00. The maximum absolute atomic E-state index is 12.0. The van der Waals surface area contributed by atoms with Crippen molar-refractivity contribution in [2.45, 2.75) is 24.3 Å². The lowest BCUT2D eigenvalue weighted by Gasteiger charge is -2.23. The topological polar surface area (TPSA) is 46.2 Å². The highest BCUT2D eigenvalue weighted by Gasteiger charge is 2.24. The molecule has 0 amide bonds. The van der Waals surface area contributed by atoms with Gasteiger partial charge in [0.15, 0.2) is 0 Å². The number of nitrogens with one attached hydrogen (secondary N) is 1. The van der Waals surface area contributed by atoms with Gasteiger partial charge in [-0.3, -0.25) is 0 Å². The van der Waals surface area contributed by atoms with Gasteiger partial charge in [-0.05, 0) is 38.1 Å². The van der Waals surface area contributed by atoms with Gasteiger partial charge in [0.05, 0.1) is 4.90 Å².